The van der Waals surface area contributed by atoms with Crippen molar-refractivity contribution in [1.82, 2.24) is 9.88 Å². The number of amides is 1. The van der Waals surface area contributed by atoms with E-state index in [4.69, 9.17) is 0 Å². The summed E-state index contributed by atoms with van der Waals surface area (Å²) >= 11 is 0. The molecule has 2 aromatic carbocycles. The van der Waals surface area contributed by atoms with Gasteiger partial charge in [0.1, 0.15) is 0 Å². The number of nitrogens with one attached hydrogen (secondary N) is 1. The summed E-state index contributed by atoms with van der Waals surface area (Å²) in [5.74, 6) is 0.765. The van der Waals surface area contributed by atoms with Gasteiger partial charge in [-0.15, -0.1) is 0 Å². The zero-order valence-corrected chi connectivity index (χ0v) is 18.8. The van der Waals surface area contributed by atoms with Crippen LogP contribution >= 0.6 is 0 Å². The molecule has 0 spiro atoms. The van der Waals surface area contributed by atoms with Crippen LogP contribution in [0.25, 0.3) is 17.0 Å². The van der Waals surface area contributed by atoms with E-state index in [0.717, 1.165) is 28.4 Å². The minimum atomic E-state index is -3.31. The number of hydrogen-bond acceptors (Lipinski definition) is 4. The fourth-order valence-corrected chi connectivity index (χ4v) is 5.61. The van der Waals surface area contributed by atoms with Gasteiger partial charge < -0.3 is 4.90 Å². The van der Waals surface area contributed by atoms with E-state index in [9.17, 15) is 13.2 Å². The van der Waals surface area contributed by atoms with Gasteiger partial charge in [-0.1, -0.05) is 43.3 Å². The van der Waals surface area contributed by atoms with Crippen LogP contribution in [0.15, 0.2) is 66.7 Å². The predicted molar refractivity (Wildman–Crippen MR) is 127 cm³/mol. The lowest BCUT2D eigenvalue weighted by Gasteiger charge is -2.24. The summed E-state index contributed by atoms with van der Waals surface area (Å²) in [6, 6.07) is 19.4. The van der Waals surface area contributed by atoms with Crippen LogP contribution in [0.2, 0.25) is 0 Å². The lowest BCUT2D eigenvalue weighted by molar-refractivity contribution is -0.125. The number of aromatic nitrogens is 1. The maximum absolute atomic E-state index is 12.7. The molecule has 7 heteroatoms. The molecule has 32 heavy (non-hydrogen) atoms. The van der Waals surface area contributed by atoms with Gasteiger partial charge in [0, 0.05) is 35.7 Å². The second kappa shape index (κ2) is 7.45. The first-order valence-corrected chi connectivity index (χ1v) is 12.5. The summed E-state index contributed by atoms with van der Waals surface area (Å²) in [5, 5.41) is 1.07. The molecule has 2 atom stereocenters. The van der Waals surface area contributed by atoms with Crippen LogP contribution in [0.5, 0.6) is 0 Å². The van der Waals surface area contributed by atoms with Gasteiger partial charge in [-0.05, 0) is 47.7 Å². The Morgan fingerprint density at radius 3 is 2.59 bits per heavy atom. The molecule has 2 unspecified atom stereocenters. The Kier molecular flexibility index (Phi) is 4.82. The molecule has 6 nitrogen and oxygen atoms in total. The Morgan fingerprint density at radius 1 is 1.09 bits per heavy atom. The Labute approximate surface area is 188 Å². The number of fused-ring (bicyclic) bond motifs is 2. The van der Waals surface area contributed by atoms with E-state index in [1.54, 1.807) is 18.2 Å². The van der Waals surface area contributed by atoms with Crippen LogP contribution in [0, 0.1) is 11.8 Å². The number of hydrogen-bond donors (Lipinski definition) is 1. The Bertz CT molecular complexity index is 1340. The number of rotatable bonds is 5. The Hall–Kier alpha value is -3.19. The Balaban J connectivity index is 1.25. The first-order valence-electron chi connectivity index (χ1n) is 10.7. The van der Waals surface area contributed by atoms with Crippen LogP contribution in [-0.4, -0.2) is 43.6 Å². The van der Waals surface area contributed by atoms with Crippen molar-refractivity contribution >= 4 is 38.6 Å². The summed E-state index contributed by atoms with van der Waals surface area (Å²) in [7, 11) is -3.31. The predicted octanol–water partition coefficient (Wildman–Crippen LogP) is 3.67. The van der Waals surface area contributed by atoms with Gasteiger partial charge in [0.25, 0.3) is 0 Å². The fourth-order valence-electron chi connectivity index (χ4n) is 5.06. The third kappa shape index (κ3) is 3.77. The number of anilines is 1. The maximum atomic E-state index is 12.7. The molecule has 1 aliphatic carbocycles. The van der Waals surface area contributed by atoms with E-state index >= 15 is 0 Å². The molecule has 1 aliphatic heterocycles. The van der Waals surface area contributed by atoms with Gasteiger partial charge in [0.2, 0.25) is 15.9 Å². The van der Waals surface area contributed by atoms with Crippen molar-refractivity contribution < 1.29 is 13.2 Å². The number of carbonyl (C=O) groups excluding carboxylic acids is 1. The minimum absolute atomic E-state index is 0.00185. The van der Waals surface area contributed by atoms with Crippen LogP contribution in [0.1, 0.15) is 18.2 Å². The third-order valence-corrected chi connectivity index (χ3v) is 7.47. The number of pyridine rings is 1. The second-order valence-corrected chi connectivity index (χ2v) is 10.7. The molecule has 2 heterocycles. The van der Waals surface area contributed by atoms with Gasteiger partial charge in [-0.2, -0.15) is 0 Å². The average molecular weight is 448 g/mol. The zero-order chi connectivity index (χ0) is 22.5. The number of sulfonamides is 1. The molecule has 3 aromatic rings. The lowest BCUT2D eigenvalue weighted by atomic mass is 9.92. The highest BCUT2D eigenvalue weighted by molar-refractivity contribution is 7.92. The number of nitrogens with zero attached hydrogens (tertiary/aromatic N) is 2. The standard InChI is InChI=1S/C25H25N3O3S/c1-25(18-7-5-8-20(14-18)27-32(2,30)31)21-15-28(16-22(21)25)24(29)13-12-19-11-10-17-6-3-4-9-23(17)26-19/h3-14,21-22,27H,15-16H2,1-2H3/b13-12+. The highest BCUT2D eigenvalue weighted by Gasteiger charge is 2.66. The molecule has 1 saturated heterocycles. The highest BCUT2D eigenvalue weighted by atomic mass is 32.2. The van der Waals surface area contributed by atoms with Gasteiger partial charge in [0.15, 0.2) is 0 Å². The molecule has 5 rings (SSSR count). The maximum Gasteiger partial charge on any atom is 0.246 e. The van der Waals surface area contributed by atoms with E-state index in [-0.39, 0.29) is 11.3 Å². The number of para-hydroxylation sites is 1. The van der Waals surface area contributed by atoms with E-state index in [2.05, 4.69) is 16.6 Å². The van der Waals surface area contributed by atoms with Crippen molar-refractivity contribution in [2.24, 2.45) is 11.8 Å². The van der Waals surface area contributed by atoms with E-state index in [1.165, 1.54) is 0 Å². The van der Waals surface area contributed by atoms with Crippen molar-refractivity contribution in [1.29, 1.82) is 0 Å². The molecular formula is C25H25N3O3S. The molecule has 1 aromatic heterocycles. The van der Waals surface area contributed by atoms with E-state index in [0.29, 0.717) is 30.6 Å². The molecule has 2 fully saturated rings. The largest absolute Gasteiger partial charge is 0.339 e. The van der Waals surface area contributed by atoms with Gasteiger partial charge >= 0.3 is 0 Å². The highest BCUT2D eigenvalue weighted by Crippen LogP contribution is 2.63. The first-order chi connectivity index (χ1) is 15.2. The summed E-state index contributed by atoms with van der Waals surface area (Å²) < 4.78 is 25.7. The van der Waals surface area contributed by atoms with E-state index < -0.39 is 10.0 Å². The normalized spacial score (nSPS) is 24.6. The Morgan fingerprint density at radius 2 is 1.84 bits per heavy atom. The van der Waals surface area contributed by atoms with Crippen LogP contribution in [0.4, 0.5) is 5.69 Å². The van der Waals surface area contributed by atoms with Crippen molar-refractivity contribution in [3.05, 3.63) is 78.0 Å². The summed E-state index contributed by atoms with van der Waals surface area (Å²) in [6.45, 7) is 3.62. The smallest absolute Gasteiger partial charge is 0.246 e. The molecule has 164 valence electrons. The van der Waals surface area contributed by atoms with Crippen molar-refractivity contribution in [2.75, 3.05) is 24.1 Å². The molecule has 2 aliphatic rings. The number of benzene rings is 2. The first kappa shape index (κ1) is 20.7. The van der Waals surface area contributed by atoms with Crippen LogP contribution in [-0.2, 0) is 20.2 Å². The van der Waals surface area contributed by atoms with Crippen molar-refractivity contribution in [2.45, 2.75) is 12.3 Å². The van der Waals surface area contributed by atoms with Gasteiger partial charge in [-0.25, -0.2) is 13.4 Å². The quantitative estimate of drug-likeness (QED) is 0.606. The molecular weight excluding hydrogens is 422 g/mol. The molecule has 1 saturated carbocycles. The third-order valence-electron chi connectivity index (χ3n) is 6.87. The molecule has 0 bridgehead atoms. The summed E-state index contributed by atoms with van der Waals surface area (Å²) in [4.78, 5) is 19.2. The SMILES string of the molecule is CC1(c2cccc(NS(C)(=O)=O)c2)C2CN(C(=O)/C=C/c3ccc4ccccc4n3)CC21. The topological polar surface area (TPSA) is 79.4 Å². The lowest BCUT2D eigenvalue weighted by Crippen LogP contribution is -2.33. The number of carbonyl (C=O) groups is 1. The van der Waals surface area contributed by atoms with Crippen LogP contribution in [0.3, 0.4) is 0 Å². The van der Waals surface area contributed by atoms with E-state index in [1.807, 2.05) is 59.5 Å². The average Bonchev–Trinajstić information content (AvgIpc) is 3.10. The number of piperidine rings is 1. The van der Waals surface area contributed by atoms with Gasteiger partial charge in [0.05, 0.1) is 17.5 Å². The fraction of sp³-hybridized carbons (Fsp3) is 0.280. The summed E-state index contributed by atoms with van der Waals surface area (Å²) in [5.41, 5.74) is 3.34. The zero-order valence-electron chi connectivity index (χ0n) is 18.0. The molecule has 1 amide bonds. The van der Waals surface area contributed by atoms with Gasteiger partial charge in [-0.3, -0.25) is 9.52 Å². The van der Waals surface area contributed by atoms with Crippen molar-refractivity contribution in [3.8, 4) is 0 Å². The molecule has 1 N–H and O–H groups in total. The summed E-state index contributed by atoms with van der Waals surface area (Å²) in [6.07, 6.45) is 4.53. The monoisotopic (exact) mass is 447 g/mol. The van der Waals surface area contributed by atoms with Crippen molar-refractivity contribution in [3.63, 3.8) is 0 Å². The number of likely N-dealkylation sites (tertiary alicyclic amines) is 1. The van der Waals surface area contributed by atoms with Crippen LogP contribution < -0.4 is 4.72 Å². The second-order valence-electron chi connectivity index (χ2n) is 8.96. The molecule has 0 radical (unpaired) electrons. The minimum Gasteiger partial charge on any atom is -0.339 e.